The van der Waals surface area contributed by atoms with Crippen molar-refractivity contribution in [3.63, 3.8) is 0 Å². The number of nitrogens with one attached hydrogen (secondary N) is 1. The van der Waals surface area contributed by atoms with Crippen LogP contribution in [-0.4, -0.2) is 22.9 Å². The predicted molar refractivity (Wildman–Crippen MR) is 80.9 cm³/mol. The van der Waals surface area contributed by atoms with Crippen LogP contribution < -0.4 is 4.80 Å². The van der Waals surface area contributed by atoms with Crippen molar-refractivity contribution < 1.29 is 0 Å². The average Bonchev–Trinajstić information content (AvgIpc) is 3.16. The Kier molecular flexibility index (Phi) is 3.43. The molecule has 0 aliphatic carbocycles. The Morgan fingerprint density at radius 3 is 2.89 bits per heavy atom. The van der Waals surface area contributed by atoms with Gasteiger partial charge in [-0.2, -0.15) is 5.10 Å². The molecule has 0 aliphatic rings. The Morgan fingerprint density at radius 2 is 2.21 bits per heavy atom. The lowest BCUT2D eigenvalue weighted by Crippen LogP contribution is -2.11. The quantitative estimate of drug-likeness (QED) is 0.720. The van der Waals surface area contributed by atoms with Crippen LogP contribution >= 0.6 is 22.7 Å². The molecule has 3 rings (SSSR count). The molecule has 0 aromatic carbocycles. The number of aromatic nitrogens is 2. The molecule has 0 atom stereocenters. The van der Waals surface area contributed by atoms with Gasteiger partial charge in [0.2, 0.25) is 4.80 Å². The third-order valence-electron chi connectivity index (χ3n) is 2.58. The highest BCUT2D eigenvalue weighted by Gasteiger charge is 2.07. The molecular weight excluding hydrogens is 276 g/mol. The summed E-state index contributed by atoms with van der Waals surface area (Å²) >= 11 is 3.29. The number of thiophene rings is 1. The van der Waals surface area contributed by atoms with Crippen molar-refractivity contribution in [1.82, 2.24) is 9.66 Å². The van der Waals surface area contributed by atoms with Crippen molar-refractivity contribution >= 4 is 28.9 Å². The molecule has 4 nitrogen and oxygen atoms in total. The molecule has 0 fully saturated rings. The van der Waals surface area contributed by atoms with Crippen LogP contribution in [-0.2, 0) is 0 Å². The van der Waals surface area contributed by atoms with Crippen LogP contribution in [0.15, 0.2) is 51.3 Å². The number of rotatable bonds is 3. The van der Waals surface area contributed by atoms with Crippen LogP contribution in [0.25, 0.3) is 10.6 Å². The fraction of sp³-hybridized carbons (Fsp3) is 0.0769. The van der Waals surface area contributed by atoms with Crippen molar-refractivity contribution in [1.29, 1.82) is 0 Å². The monoisotopic (exact) mass is 288 g/mol. The van der Waals surface area contributed by atoms with E-state index < -0.39 is 0 Å². The molecule has 0 spiro atoms. The molecule has 0 saturated heterocycles. The maximum Gasteiger partial charge on any atom is 0.205 e. The van der Waals surface area contributed by atoms with Crippen LogP contribution in [0.5, 0.6) is 0 Å². The van der Waals surface area contributed by atoms with Crippen LogP contribution in [0.3, 0.4) is 0 Å². The number of thiazole rings is 1. The Balaban J connectivity index is 2.06. The SMILES string of the molecule is CN=c1scc(-c2cccs2)n1N=Cc1ccc[nH]1. The van der Waals surface area contributed by atoms with E-state index in [9.17, 15) is 0 Å². The molecule has 3 aromatic rings. The van der Waals surface area contributed by atoms with Gasteiger partial charge < -0.3 is 4.98 Å². The summed E-state index contributed by atoms with van der Waals surface area (Å²) in [7, 11) is 1.78. The van der Waals surface area contributed by atoms with Crippen molar-refractivity contribution in [3.05, 3.63) is 51.7 Å². The summed E-state index contributed by atoms with van der Waals surface area (Å²) in [5.74, 6) is 0. The Bertz CT molecular complexity index is 730. The standard InChI is InChI=1S/C13H12N4S2/c1-14-13-17(16-8-10-4-2-6-15-10)11(9-19-13)12-5-3-7-18-12/h2-9,15H,1H3. The summed E-state index contributed by atoms with van der Waals surface area (Å²) in [4.78, 5) is 9.44. The van der Waals surface area contributed by atoms with E-state index in [1.54, 1.807) is 35.9 Å². The zero-order valence-corrected chi connectivity index (χ0v) is 11.9. The van der Waals surface area contributed by atoms with Gasteiger partial charge in [0.05, 0.1) is 22.5 Å². The molecule has 0 unspecified atom stereocenters. The molecule has 1 N–H and O–H groups in total. The van der Waals surface area contributed by atoms with Crippen LogP contribution in [0.2, 0.25) is 0 Å². The molecular formula is C13H12N4S2. The second kappa shape index (κ2) is 5.38. The van der Waals surface area contributed by atoms with Gasteiger partial charge in [-0.3, -0.25) is 4.99 Å². The van der Waals surface area contributed by atoms with Gasteiger partial charge in [-0.1, -0.05) is 6.07 Å². The lowest BCUT2D eigenvalue weighted by molar-refractivity contribution is 0.849. The molecule has 0 aliphatic heterocycles. The van der Waals surface area contributed by atoms with Crippen molar-refractivity contribution in [3.8, 4) is 10.6 Å². The van der Waals surface area contributed by atoms with Crippen LogP contribution in [0.1, 0.15) is 5.69 Å². The average molecular weight is 288 g/mol. The summed E-state index contributed by atoms with van der Waals surface area (Å²) in [6.45, 7) is 0. The Hall–Kier alpha value is -1.92. The highest BCUT2D eigenvalue weighted by molar-refractivity contribution is 7.14. The number of hydrogen-bond acceptors (Lipinski definition) is 4. The van der Waals surface area contributed by atoms with Crippen molar-refractivity contribution in [2.45, 2.75) is 0 Å². The summed E-state index contributed by atoms with van der Waals surface area (Å²) in [5, 5.41) is 8.67. The van der Waals surface area contributed by atoms with E-state index in [1.165, 1.54) is 4.88 Å². The smallest absolute Gasteiger partial charge is 0.205 e. The zero-order valence-electron chi connectivity index (χ0n) is 10.3. The highest BCUT2D eigenvalue weighted by atomic mass is 32.1. The maximum atomic E-state index is 4.52. The minimum Gasteiger partial charge on any atom is -0.360 e. The second-order valence-corrected chi connectivity index (χ2v) is 5.57. The minimum atomic E-state index is 0.881. The van der Waals surface area contributed by atoms with Gasteiger partial charge in [-0.05, 0) is 23.6 Å². The van der Waals surface area contributed by atoms with Gasteiger partial charge in [0.25, 0.3) is 0 Å². The lowest BCUT2D eigenvalue weighted by Gasteiger charge is -1.99. The van der Waals surface area contributed by atoms with Gasteiger partial charge >= 0.3 is 0 Å². The van der Waals surface area contributed by atoms with E-state index >= 15 is 0 Å². The van der Waals surface area contributed by atoms with Crippen LogP contribution in [0, 0.1) is 0 Å². The van der Waals surface area contributed by atoms with E-state index in [-0.39, 0.29) is 0 Å². The van der Waals surface area contributed by atoms with Gasteiger partial charge in [0.15, 0.2) is 0 Å². The van der Waals surface area contributed by atoms with Gasteiger partial charge in [-0.15, -0.1) is 22.7 Å². The number of H-pyrrole nitrogens is 1. The number of nitrogens with zero attached hydrogens (tertiary/aromatic N) is 3. The zero-order chi connectivity index (χ0) is 13.1. The van der Waals surface area contributed by atoms with E-state index in [0.717, 1.165) is 16.2 Å². The molecule has 0 bridgehead atoms. The van der Waals surface area contributed by atoms with Gasteiger partial charge in [-0.25, -0.2) is 4.68 Å². The third-order valence-corrected chi connectivity index (χ3v) is 4.38. The van der Waals surface area contributed by atoms with E-state index in [0.29, 0.717) is 0 Å². The summed E-state index contributed by atoms with van der Waals surface area (Å²) in [6.07, 6.45) is 3.68. The number of hydrogen-bond donors (Lipinski definition) is 1. The summed E-state index contributed by atoms with van der Waals surface area (Å²) < 4.78 is 1.87. The largest absolute Gasteiger partial charge is 0.360 e. The van der Waals surface area contributed by atoms with E-state index in [4.69, 9.17) is 0 Å². The summed E-state index contributed by atoms with van der Waals surface area (Å²) in [6, 6.07) is 8.06. The summed E-state index contributed by atoms with van der Waals surface area (Å²) in [5.41, 5.74) is 2.04. The van der Waals surface area contributed by atoms with Crippen molar-refractivity contribution in [2.24, 2.45) is 10.1 Å². The molecule has 19 heavy (non-hydrogen) atoms. The first kappa shape index (κ1) is 12.1. The molecule has 6 heteroatoms. The van der Waals surface area contributed by atoms with Gasteiger partial charge in [0.1, 0.15) is 0 Å². The third kappa shape index (κ3) is 2.45. The Labute approximate surface area is 118 Å². The maximum absolute atomic E-state index is 4.52. The molecule has 0 radical (unpaired) electrons. The fourth-order valence-electron chi connectivity index (χ4n) is 1.70. The first-order chi connectivity index (χ1) is 9.38. The molecule has 96 valence electrons. The predicted octanol–water partition coefficient (Wildman–Crippen LogP) is 3.02. The molecule has 3 heterocycles. The van der Waals surface area contributed by atoms with Crippen molar-refractivity contribution in [2.75, 3.05) is 7.05 Å². The van der Waals surface area contributed by atoms with Crippen LogP contribution in [0.4, 0.5) is 0 Å². The first-order valence-corrected chi connectivity index (χ1v) is 7.49. The van der Waals surface area contributed by atoms with E-state index in [1.807, 2.05) is 29.1 Å². The topological polar surface area (TPSA) is 45.4 Å². The number of aromatic amines is 1. The second-order valence-electron chi connectivity index (χ2n) is 3.79. The van der Waals surface area contributed by atoms with Gasteiger partial charge in [0, 0.05) is 18.6 Å². The minimum absolute atomic E-state index is 0.881. The first-order valence-electron chi connectivity index (χ1n) is 5.73. The Morgan fingerprint density at radius 1 is 1.26 bits per heavy atom. The molecule has 0 amide bonds. The van der Waals surface area contributed by atoms with E-state index in [2.05, 4.69) is 31.9 Å². The lowest BCUT2D eigenvalue weighted by atomic mass is 10.4. The molecule has 3 aromatic heterocycles. The highest BCUT2D eigenvalue weighted by Crippen LogP contribution is 2.24. The normalized spacial score (nSPS) is 12.6. The fourth-order valence-corrected chi connectivity index (χ4v) is 3.30. The molecule has 0 saturated carbocycles.